The Kier molecular flexibility index (Phi) is 6.26. The molecule has 0 atom stereocenters. The zero-order valence-corrected chi connectivity index (χ0v) is 17.6. The van der Waals surface area contributed by atoms with E-state index < -0.39 is 0 Å². The second-order valence-electron chi connectivity index (χ2n) is 5.65. The van der Waals surface area contributed by atoms with Crippen molar-refractivity contribution in [1.29, 1.82) is 0 Å². The molecule has 144 valence electrons. The SMILES string of the molecule is O=C(CSc1nnc(SCc2ccc(Cl)cc2)s1)Nc1ccc2c(c1)OCO2. The number of hydrogen-bond acceptors (Lipinski definition) is 8. The molecule has 6 nitrogen and oxygen atoms in total. The molecule has 4 rings (SSSR count). The first kappa shape index (κ1) is 19.4. The van der Waals surface area contributed by atoms with E-state index in [4.69, 9.17) is 21.1 Å². The smallest absolute Gasteiger partial charge is 0.234 e. The molecule has 0 saturated heterocycles. The minimum Gasteiger partial charge on any atom is -0.454 e. The van der Waals surface area contributed by atoms with Gasteiger partial charge in [0.25, 0.3) is 0 Å². The van der Waals surface area contributed by atoms with Gasteiger partial charge in [0.2, 0.25) is 12.7 Å². The zero-order chi connectivity index (χ0) is 19.3. The zero-order valence-electron chi connectivity index (χ0n) is 14.4. The summed E-state index contributed by atoms with van der Waals surface area (Å²) in [6, 6.07) is 13.0. The van der Waals surface area contributed by atoms with Gasteiger partial charge in [-0.2, -0.15) is 0 Å². The summed E-state index contributed by atoms with van der Waals surface area (Å²) in [5.74, 6) is 2.25. The molecule has 0 spiro atoms. The number of benzene rings is 2. The van der Waals surface area contributed by atoms with Gasteiger partial charge in [-0.3, -0.25) is 4.79 Å². The number of amides is 1. The van der Waals surface area contributed by atoms with Crippen molar-refractivity contribution in [3.8, 4) is 11.5 Å². The first-order chi connectivity index (χ1) is 13.7. The Labute approximate surface area is 179 Å². The molecule has 2 aromatic carbocycles. The Balaban J connectivity index is 1.24. The monoisotopic (exact) mass is 451 g/mol. The highest BCUT2D eigenvalue weighted by atomic mass is 35.5. The van der Waals surface area contributed by atoms with Gasteiger partial charge in [-0.05, 0) is 29.8 Å². The minimum atomic E-state index is -0.116. The number of thioether (sulfide) groups is 2. The third-order valence-electron chi connectivity index (χ3n) is 3.65. The predicted molar refractivity (Wildman–Crippen MR) is 113 cm³/mol. The number of ether oxygens (including phenoxy) is 2. The van der Waals surface area contributed by atoms with Crippen LogP contribution in [0, 0.1) is 0 Å². The van der Waals surface area contributed by atoms with Gasteiger partial charge in [-0.25, -0.2) is 0 Å². The molecule has 0 radical (unpaired) electrons. The van der Waals surface area contributed by atoms with Gasteiger partial charge in [-0.15, -0.1) is 10.2 Å². The van der Waals surface area contributed by atoms with Gasteiger partial charge in [0.15, 0.2) is 20.2 Å². The number of carbonyl (C=O) groups is 1. The molecule has 1 aliphatic rings. The molecule has 28 heavy (non-hydrogen) atoms. The number of nitrogens with one attached hydrogen (secondary N) is 1. The summed E-state index contributed by atoms with van der Waals surface area (Å²) in [4.78, 5) is 12.2. The molecule has 0 aliphatic carbocycles. The summed E-state index contributed by atoms with van der Waals surface area (Å²) in [6.45, 7) is 0.206. The van der Waals surface area contributed by atoms with E-state index >= 15 is 0 Å². The third-order valence-corrected chi connectivity index (χ3v) is 7.16. The minimum absolute atomic E-state index is 0.116. The number of halogens is 1. The molecule has 10 heteroatoms. The lowest BCUT2D eigenvalue weighted by atomic mass is 10.2. The summed E-state index contributed by atoms with van der Waals surface area (Å²) in [7, 11) is 0. The van der Waals surface area contributed by atoms with Gasteiger partial charge in [-0.1, -0.05) is 58.6 Å². The Morgan fingerprint density at radius 2 is 1.82 bits per heavy atom. The third kappa shape index (κ3) is 5.11. The van der Waals surface area contributed by atoms with E-state index in [0.29, 0.717) is 17.2 Å². The Hall–Kier alpha value is -1.94. The van der Waals surface area contributed by atoms with Crippen molar-refractivity contribution in [2.45, 2.75) is 14.4 Å². The van der Waals surface area contributed by atoms with Crippen LogP contribution in [0.2, 0.25) is 5.02 Å². The fourth-order valence-electron chi connectivity index (χ4n) is 2.34. The lowest BCUT2D eigenvalue weighted by Crippen LogP contribution is -2.13. The molecule has 0 fully saturated rings. The van der Waals surface area contributed by atoms with Crippen LogP contribution in [0.1, 0.15) is 5.56 Å². The van der Waals surface area contributed by atoms with Crippen molar-refractivity contribution in [3.05, 3.63) is 53.1 Å². The second-order valence-corrected chi connectivity index (χ2v) is 9.51. The van der Waals surface area contributed by atoms with Crippen molar-refractivity contribution in [2.24, 2.45) is 0 Å². The Morgan fingerprint density at radius 3 is 2.64 bits per heavy atom. The van der Waals surface area contributed by atoms with Crippen LogP contribution >= 0.6 is 46.5 Å². The van der Waals surface area contributed by atoms with E-state index in [0.717, 1.165) is 19.5 Å². The number of rotatable bonds is 7. The van der Waals surface area contributed by atoms with E-state index in [-0.39, 0.29) is 18.5 Å². The van der Waals surface area contributed by atoms with Crippen LogP contribution in [0.25, 0.3) is 0 Å². The van der Waals surface area contributed by atoms with Crippen LogP contribution in [0.3, 0.4) is 0 Å². The van der Waals surface area contributed by atoms with E-state index in [9.17, 15) is 4.79 Å². The van der Waals surface area contributed by atoms with Crippen molar-refractivity contribution in [3.63, 3.8) is 0 Å². The number of nitrogens with zero attached hydrogens (tertiary/aromatic N) is 2. The summed E-state index contributed by atoms with van der Waals surface area (Å²) in [5.41, 5.74) is 1.84. The van der Waals surface area contributed by atoms with Crippen molar-refractivity contribution in [1.82, 2.24) is 10.2 Å². The van der Waals surface area contributed by atoms with Crippen LogP contribution in [0.5, 0.6) is 11.5 Å². The van der Waals surface area contributed by atoms with Crippen molar-refractivity contribution >= 4 is 58.1 Å². The maximum absolute atomic E-state index is 12.2. The van der Waals surface area contributed by atoms with Gasteiger partial charge < -0.3 is 14.8 Å². The summed E-state index contributed by atoms with van der Waals surface area (Å²) < 4.78 is 12.2. The molecule has 2 heterocycles. The molecule has 1 aromatic heterocycles. The number of carbonyl (C=O) groups excluding carboxylic acids is 1. The maximum Gasteiger partial charge on any atom is 0.234 e. The average Bonchev–Trinajstić information content (AvgIpc) is 3.35. The number of hydrogen-bond donors (Lipinski definition) is 1. The van der Waals surface area contributed by atoms with Crippen LogP contribution in [-0.2, 0) is 10.5 Å². The highest BCUT2D eigenvalue weighted by Gasteiger charge is 2.14. The maximum atomic E-state index is 12.2. The molecule has 0 bridgehead atoms. The molecular weight excluding hydrogens is 438 g/mol. The highest BCUT2D eigenvalue weighted by Crippen LogP contribution is 2.34. The van der Waals surface area contributed by atoms with Crippen LogP contribution < -0.4 is 14.8 Å². The lowest BCUT2D eigenvalue weighted by molar-refractivity contribution is -0.113. The first-order valence-electron chi connectivity index (χ1n) is 8.19. The molecule has 1 aliphatic heterocycles. The van der Waals surface area contributed by atoms with E-state index in [1.165, 1.54) is 28.7 Å². The van der Waals surface area contributed by atoms with E-state index in [1.807, 2.05) is 24.3 Å². The largest absolute Gasteiger partial charge is 0.454 e. The van der Waals surface area contributed by atoms with Crippen LogP contribution in [0.4, 0.5) is 5.69 Å². The second kappa shape index (κ2) is 9.04. The van der Waals surface area contributed by atoms with Crippen LogP contribution in [-0.4, -0.2) is 28.7 Å². The summed E-state index contributed by atoms with van der Waals surface area (Å²) >= 11 is 10.3. The van der Waals surface area contributed by atoms with Crippen molar-refractivity contribution < 1.29 is 14.3 Å². The van der Waals surface area contributed by atoms with E-state index in [1.54, 1.807) is 30.0 Å². The number of aromatic nitrogens is 2. The van der Waals surface area contributed by atoms with Gasteiger partial charge >= 0.3 is 0 Å². The summed E-state index contributed by atoms with van der Waals surface area (Å²) in [6.07, 6.45) is 0. The first-order valence-corrected chi connectivity index (χ1v) is 11.4. The lowest BCUT2D eigenvalue weighted by Gasteiger charge is -2.05. The van der Waals surface area contributed by atoms with E-state index in [2.05, 4.69) is 15.5 Å². The Bertz CT molecular complexity index is 982. The molecule has 1 amide bonds. The normalized spacial score (nSPS) is 12.2. The number of anilines is 1. The molecule has 3 aromatic rings. The topological polar surface area (TPSA) is 73.3 Å². The quantitative estimate of drug-likeness (QED) is 0.510. The highest BCUT2D eigenvalue weighted by molar-refractivity contribution is 8.03. The molecular formula is C18H14ClN3O3S3. The Morgan fingerprint density at radius 1 is 1.07 bits per heavy atom. The van der Waals surface area contributed by atoms with Gasteiger partial charge in [0.1, 0.15) is 0 Å². The standard InChI is InChI=1S/C18H14ClN3O3S3/c19-12-3-1-11(2-4-12)8-26-17-21-22-18(28-17)27-9-16(23)20-13-5-6-14-15(7-13)25-10-24-14/h1-7H,8-10H2,(H,20,23). The average molecular weight is 452 g/mol. The van der Waals surface area contributed by atoms with Crippen LogP contribution in [0.15, 0.2) is 51.1 Å². The fraction of sp³-hybridized carbons (Fsp3) is 0.167. The van der Waals surface area contributed by atoms with Gasteiger partial charge in [0.05, 0.1) is 5.75 Å². The number of fused-ring (bicyclic) bond motifs is 1. The molecule has 0 unspecified atom stereocenters. The van der Waals surface area contributed by atoms with Gasteiger partial charge in [0, 0.05) is 22.5 Å². The molecule has 1 N–H and O–H groups in total. The fourth-order valence-corrected chi connectivity index (χ4v) is 5.24. The van der Waals surface area contributed by atoms with Crippen molar-refractivity contribution in [2.75, 3.05) is 17.9 Å². The predicted octanol–water partition coefficient (Wildman–Crippen LogP) is 4.94. The molecule has 0 saturated carbocycles. The summed E-state index contributed by atoms with van der Waals surface area (Å²) in [5, 5.41) is 11.9.